The fraction of sp³-hybridized carbons (Fsp3) is 0.615. The minimum Gasteiger partial charge on any atom is -0.480 e. The third-order valence-electron chi connectivity index (χ3n) is 3.79. The van der Waals surface area contributed by atoms with Crippen molar-refractivity contribution in [1.82, 2.24) is 15.2 Å². The lowest BCUT2D eigenvalue weighted by molar-refractivity contribution is -0.159. The van der Waals surface area contributed by atoms with Crippen molar-refractivity contribution < 1.29 is 14.7 Å². The van der Waals surface area contributed by atoms with Crippen LogP contribution in [0.1, 0.15) is 44.5 Å². The Labute approximate surface area is 116 Å². The summed E-state index contributed by atoms with van der Waals surface area (Å²) in [5, 5.41) is 19.5. The topological polar surface area (TPSA) is 105 Å². The number of nitrogens with zero attached hydrogens (tertiary/aromatic N) is 3. The Bertz CT molecular complexity index is 540. The number of anilines is 1. The van der Waals surface area contributed by atoms with Crippen LogP contribution in [0.3, 0.4) is 0 Å². The molecule has 0 bridgehead atoms. The zero-order valence-electron chi connectivity index (χ0n) is 11.6. The van der Waals surface area contributed by atoms with Crippen molar-refractivity contribution in [3.8, 4) is 0 Å². The maximum atomic E-state index is 12.1. The van der Waals surface area contributed by atoms with Gasteiger partial charge < -0.3 is 5.11 Å². The first kappa shape index (κ1) is 14.4. The second-order valence-electron chi connectivity index (χ2n) is 4.93. The molecule has 1 saturated carbocycles. The van der Waals surface area contributed by atoms with Gasteiger partial charge in [-0.25, -0.2) is 4.98 Å². The van der Waals surface area contributed by atoms with Gasteiger partial charge in [0.15, 0.2) is 0 Å². The number of aryl methyl sites for hydroxylation is 2. The first-order valence-electron chi connectivity index (χ1n) is 6.80. The number of nitrogens with one attached hydrogen (secondary N) is 1. The number of amides is 1. The highest BCUT2D eigenvalue weighted by Crippen LogP contribution is 2.41. The second-order valence-corrected chi connectivity index (χ2v) is 4.93. The molecule has 0 radical (unpaired) electrons. The van der Waals surface area contributed by atoms with Gasteiger partial charge in [0.1, 0.15) is 5.41 Å². The van der Waals surface area contributed by atoms with Gasteiger partial charge in [-0.3, -0.25) is 14.9 Å². The van der Waals surface area contributed by atoms with Gasteiger partial charge in [0, 0.05) is 0 Å². The van der Waals surface area contributed by atoms with E-state index in [0.29, 0.717) is 19.3 Å². The molecule has 2 N–H and O–H groups in total. The highest BCUT2D eigenvalue weighted by molar-refractivity contribution is 6.08. The summed E-state index contributed by atoms with van der Waals surface area (Å²) in [5.41, 5.74) is 0.247. The molecule has 20 heavy (non-hydrogen) atoms. The highest BCUT2D eigenvalue weighted by atomic mass is 16.4. The van der Waals surface area contributed by atoms with Crippen LogP contribution in [0.4, 0.5) is 5.95 Å². The fourth-order valence-electron chi connectivity index (χ4n) is 2.28. The Morgan fingerprint density at radius 1 is 1.20 bits per heavy atom. The van der Waals surface area contributed by atoms with Gasteiger partial charge in [-0.15, -0.1) is 10.2 Å². The monoisotopic (exact) mass is 278 g/mol. The maximum absolute atomic E-state index is 12.1. The van der Waals surface area contributed by atoms with Gasteiger partial charge >= 0.3 is 5.97 Å². The van der Waals surface area contributed by atoms with Gasteiger partial charge in [0.05, 0.1) is 11.4 Å². The normalized spacial score (nSPS) is 16.3. The molecule has 1 amide bonds. The number of hydrogen-bond donors (Lipinski definition) is 2. The van der Waals surface area contributed by atoms with Crippen molar-refractivity contribution in [3.05, 3.63) is 11.4 Å². The molecule has 0 aromatic carbocycles. The standard InChI is InChI=1S/C13H18N4O3/c1-3-8-9(4-2)16-17-12(14-8)15-10(18)13(11(19)20)6-5-7-13/h3-7H2,1-2H3,(H,19,20)(H,14,15,17,18). The lowest BCUT2D eigenvalue weighted by Crippen LogP contribution is -2.48. The predicted octanol–water partition coefficient (Wildman–Crippen LogP) is 1.19. The quantitative estimate of drug-likeness (QED) is 0.784. The summed E-state index contributed by atoms with van der Waals surface area (Å²) in [6.45, 7) is 3.90. The molecule has 7 nitrogen and oxygen atoms in total. The molecule has 7 heteroatoms. The smallest absolute Gasteiger partial charge is 0.319 e. The van der Waals surface area contributed by atoms with E-state index >= 15 is 0 Å². The lowest BCUT2D eigenvalue weighted by atomic mass is 9.68. The molecule has 0 unspecified atom stereocenters. The zero-order valence-corrected chi connectivity index (χ0v) is 11.6. The zero-order chi connectivity index (χ0) is 14.8. The van der Waals surface area contributed by atoms with E-state index in [9.17, 15) is 14.7 Å². The van der Waals surface area contributed by atoms with Crippen molar-refractivity contribution >= 4 is 17.8 Å². The number of hydrogen-bond acceptors (Lipinski definition) is 5. The molecule has 0 spiro atoms. The van der Waals surface area contributed by atoms with Crippen molar-refractivity contribution in [1.29, 1.82) is 0 Å². The fourth-order valence-corrected chi connectivity index (χ4v) is 2.28. The van der Waals surface area contributed by atoms with Crippen LogP contribution < -0.4 is 5.32 Å². The SMILES string of the molecule is CCc1nnc(NC(=O)C2(C(=O)O)CCC2)nc1CC. The summed E-state index contributed by atoms with van der Waals surface area (Å²) in [6.07, 6.45) is 2.86. The van der Waals surface area contributed by atoms with Crippen molar-refractivity contribution in [2.75, 3.05) is 5.32 Å². The first-order chi connectivity index (χ1) is 9.53. The molecule has 2 rings (SSSR count). The summed E-state index contributed by atoms with van der Waals surface area (Å²) in [4.78, 5) is 27.6. The minimum atomic E-state index is -1.32. The molecule has 0 saturated heterocycles. The van der Waals surface area contributed by atoms with Crippen molar-refractivity contribution in [3.63, 3.8) is 0 Å². The lowest BCUT2D eigenvalue weighted by Gasteiger charge is -2.35. The van der Waals surface area contributed by atoms with Crippen LogP contribution >= 0.6 is 0 Å². The molecule has 0 aliphatic heterocycles. The summed E-state index contributed by atoms with van der Waals surface area (Å²) in [5.74, 6) is -1.56. The van der Waals surface area contributed by atoms with Gasteiger partial charge in [-0.1, -0.05) is 20.3 Å². The third-order valence-corrected chi connectivity index (χ3v) is 3.79. The molecule has 0 atom stereocenters. The van der Waals surface area contributed by atoms with Crippen molar-refractivity contribution in [2.24, 2.45) is 5.41 Å². The number of aliphatic carboxylic acids is 1. The van der Waals surface area contributed by atoms with Crippen LogP contribution in [0.15, 0.2) is 0 Å². The molecule has 1 aromatic rings. The van der Waals surface area contributed by atoms with E-state index in [2.05, 4.69) is 20.5 Å². The van der Waals surface area contributed by atoms with Crippen LogP contribution in [0, 0.1) is 5.41 Å². The van der Waals surface area contributed by atoms with E-state index in [-0.39, 0.29) is 5.95 Å². The predicted molar refractivity (Wildman–Crippen MR) is 71.1 cm³/mol. The highest BCUT2D eigenvalue weighted by Gasteiger charge is 2.51. The molecule has 1 aliphatic carbocycles. The van der Waals surface area contributed by atoms with Crippen LogP contribution in [-0.2, 0) is 22.4 Å². The van der Waals surface area contributed by atoms with E-state index in [1.165, 1.54) is 0 Å². The maximum Gasteiger partial charge on any atom is 0.319 e. The molecular formula is C13H18N4O3. The molecule has 1 fully saturated rings. The summed E-state index contributed by atoms with van der Waals surface area (Å²) in [7, 11) is 0. The number of carboxylic acids is 1. The Morgan fingerprint density at radius 3 is 2.30 bits per heavy atom. The average Bonchev–Trinajstić information content (AvgIpc) is 2.36. The first-order valence-corrected chi connectivity index (χ1v) is 6.80. The number of carbonyl (C=O) groups excluding carboxylic acids is 1. The molecule has 1 heterocycles. The van der Waals surface area contributed by atoms with Crippen LogP contribution in [-0.4, -0.2) is 32.2 Å². The Kier molecular flexibility index (Phi) is 3.96. The molecule has 1 aliphatic rings. The number of carbonyl (C=O) groups is 2. The van der Waals surface area contributed by atoms with Gasteiger partial charge in [-0.05, 0) is 25.7 Å². The summed E-state index contributed by atoms with van der Waals surface area (Å²) < 4.78 is 0. The number of aromatic nitrogens is 3. The van der Waals surface area contributed by atoms with Crippen LogP contribution in [0.2, 0.25) is 0 Å². The van der Waals surface area contributed by atoms with Crippen molar-refractivity contribution in [2.45, 2.75) is 46.0 Å². The summed E-state index contributed by atoms with van der Waals surface area (Å²) in [6, 6.07) is 0. The van der Waals surface area contributed by atoms with E-state index in [4.69, 9.17) is 0 Å². The molecule has 108 valence electrons. The molecular weight excluding hydrogens is 260 g/mol. The van der Waals surface area contributed by atoms with Crippen LogP contribution in [0.5, 0.6) is 0 Å². The Morgan fingerprint density at radius 2 is 1.85 bits per heavy atom. The molecule has 1 aromatic heterocycles. The Hall–Kier alpha value is -2.05. The Balaban J connectivity index is 2.18. The third kappa shape index (κ3) is 2.35. The number of carboxylic acid groups (broad SMARTS) is 1. The van der Waals surface area contributed by atoms with E-state index in [0.717, 1.165) is 24.2 Å². The average molecular weight is 278 g/mol. The van der Waals surface area contributed by atoms with E-state index < -0.39 is 17.3 Å². The van der Waals surface area contributed by atoms with Gasteiger partial charge in [0.25, 0.3) is 0 Å². The number of rotatable bonds is 5. The van der Waals surface area contributed by atoms with E-state index in [1.54, 1.807) is 0 Å². The van der Waals surface area contributed by atoms with Crippen LogP contribution in [0.25, 0.3) is 0 Å². The van der Waals surface area contributed by atoms with E-state index in [1.807, 2.05) is 13.8 Å². The minimum absolute atomic E-state index is 0.0802. The van der Waals surface area contributed by atoms with Gasteiger partial charge in [0.2, 0.25) is 11.9 Å². The van der Waals surface area contributed by atoms with Gasteiger partial charge in [-0.2, -0.15) is 0 Å². The second kappa shape index (κ2) is 5.52. The largest absolute Gasteiger partial charge is 0.480 e. The summed E-state index contributed by atoms with van der Waals surface area (Å²) >= 11 is 0.